The molecule has 3 aromatic rings. The number of amides is 2. The summed E-state index contributed by atoms with van der Waals surface area (Å²) in [6.45, 7) is 6.82. The highest BCUT2D eigenvalue weighted by atomic mass is 19.1. The fraction of sp³-hybridized carbons (Fsp3) is 0.423. The van der Waals surface area contributed by atoms with Crippen LogP contribution in [0.3, 0.4) is 0 Å². The Labute approximate surface area is 194 Å². The van der Waals surface area contributed by atoms with E-state index in [-0.39, 0.29) is 30.1 Å². The van der Waals surface area contributed by atoms with Crippen molar-refractivity contribution in [1.29, 1.82) is 0 Å². The maximum atomic E-state index is 13.2. The van der Waals surface area contributed by atoms with Gasteiger partial charge >= 0.3 is 0 Å². The topological polar surface area (TPSA) is 58.4 Å². The standard InChI is InChI=1S/C26H31FN4O2/c1-3-13-29(14-4-2)25(33)18-31-23-8-6-5-7-22(23)28-26(31)20-15-24(32)30(17-20)16-19-9-11-21(27)12-10-19/h5-12,20H,3-4,13-18H2,1-2H3/t20-/m1/s1. The second-order valence-corrected chi connectivity index (χ2v) is 8.73. The summed E-state index contributed by atoms with van der Waals surface area (Å²) in [6.07, 6.45) is 2.18. The van der Waals surface area contributed by atoms with Crippen molar-refractivity contribution in [1.82, 2.24) is 19.4 Å². The smallest absolute Gasteiger partial charge is 0.242 e. The lowest BCUT2D eigenvalue weighted by atomic mass is 10.1. The number of hydrogen-bond acceptors (Lipinski definition) is 3. The third kappa shape index (κ3) is 5.07. The minimum Gasteiger partial charge on any atom is -0.341 e. The van der Waals surface area contributed by atoms with Gasteiger partial charge in [0.15, 0.2) is 0 Å². The molecule has 1 saturated heterocycles. The third-order valence-corrected chi connectivity index (χ3v) is 6.18. The van der Waals surface area contributed by atoms with E-state index >= 15 is 0 Å². The summed E-state index contributed by atoms with van der Waals surface area (Å²) in [5.41, 5.74) is 2.64. The molecule has 174 valence electrons. The quantitative estimate of drug-likeness (QED) is 0.487. The first-order chi connectivity index (χ1) is 16.0. The van der Waals surface area contributed by atoms with Crippen LogP contribution in [0.4, 0.5) is 4.39 Å². The van der Waals surface area contributed by atoms with E-state index in [1.54, 1.807) is 17.0 Å². The summed E-state index contributed by atoms with van der Waals surface area (Å²) in [6, 6.07) is 14.1. The van der Waals surface area contributed by atoms with E-state index in [4.69, 9.17) is 4.98 Å². The first-order valence-electron chi connectivity index (χ1n) is 11.7. The number of nitrogens with zero attached hydrogens (tertiary/aromatic N) is 4. The SMILES string of the molecule is CCCN(CCC)C(=O)Cn1c([C@@H]2CC(=O)N(Cc3ccc(F)cc3)C2)nc2ccccc21. The predicted octanol–water partition coefficient (Wildman–Crippen LogP) is 4.34. The van der Waals surface area contributed by atoms with Crippen molar-refractivity contribution < 1.29 is 14.0 Å². The molecule has 2 heterocycles. The van der Waals surface area contributed by atoms with Crippen molar-refractivity contribution in [2.75, 3.05) is 19.6 Å². The molecule has 4 rings (SSSR count). The molecule has 0 radical (unpaired) electrons. The Kier molecular flexibility index (Phi) is 7.06. The molecule has 1 aromatic heterocycles. The largest absolute Gasteiger partial charge is 0.341 e. The average Bonchev–Trinajstić information content (AvgIpc) is 3.35. The van der Waals surface area contributed by atoms with Gasteiger partial charge in [-0.1, -0.05) is 38.1 Å². The molecule has 1 fully saturated rings. The molecule has 0 saturated carbocycles. The van der Waals surface area contributed by atoms with Crippen LogP contribution in [0.15, 0.2) is 48.5 Å². The van der Waals surface area contributed by atoms with E-state index in [2.05, 4.69) is 13.8 Å². The Morgan fingerprint density at radius 1 is 1.09 bits per heavy atom. The number of imidazole rings is 1. The van der Waals surface area contributed by atoms with Crippen LogP contribution in [-0.4, -0.2) is 50.8 Å². The maximum absolute atomic E-state index is 13.2. The lowest BCUT2D eigenvalue weighted by Crippen LogP contribution is -2.35. The van der Waals surface area contributed by atoms with E-state index in [1.807, 2.05) is 33.7 Å². The molecule has 1 atom stereocenters. The molecule has 1 aliphatic heterocycles. The van der Waals surface area contributed by atoms with Crippen molar-refractivity contribution in [3.05, 3.63) is 65.7 Å². The van der Waals surface area contributed by atoms with Crippen molar-refractivity contribution in [2.45, 2.75) is 52.1 Å². The lowest BCUT2D eigenvalue weighted by molar-refractivity contribution is -0.132. The second-order valence-electron chi connectivity index (χ2n) is 8.73. The van der Waals surface area contributed by atoms with Crippen LogP contribution in [0.5, 0.6) is 0 Å². The summed E-state index contributed by atoms with van der Waals surface area (Å²) < 4.78 is 15.2. The van der Waals surface area contributed by atoms with E-state index < -0.39 is 0 Å². The van der Waals surface area contributed by atoms with Crippen LogP contribution in [0, 0.1) is 5.82 Å². The summed E-state index contributed by atoms with van der Waals surface area (Å²) >= 11 is 0. The second kappa shape index (κ2) is 10.1. The summed E-state index contributed by atoms with van der Waals surface area (Å²) in [7, 11) is 0. The zero-order chi connectivity index (χ0) is 23.4. The van der Waals surface area contributed by atoms with Crippen molar-refractivity contribution in [2.24, 2.45) is 0 Å². The Morgan fingerprint density at radius 2 is 1.79 bits per heavy atom. The molecule has 0 spiro atoms. The van der Waals surface area contributed by atoms with Gasteiger partial charge in [0, 0.05) is 38.5 Å². The predicted molar refractivity (Wildman–Crippen MR) is 126 cm³/mol. The first-order valence-corrected chi connectivity index (χ1v) is 11.7. The monoisotopic (exact) mass is 450 g/mol. The Morgan fingerprint density at radius 3 is 2.48 bits per heavy atom. The molecular formula is C26H31FN4O2. The molecule has 0 unspecified atom stereocenters. The van der Waals surface area contributed by atoms with Gasteiger partial charge < -0.3 is 14.4 Å². The normalized spacial score (nSPS) is 16.0. The van der Waals surface area contributed by atoms with Crippen molar-refractivity contribution >= 4 is 22.8 Å². The number of likely N-dealkylation sites (tertiary alicyclic amines) is 1. The highest BCUT2D eigenvalue weighted by molar-refractivity contribution is 5.83. The number of fused-ring (bicyclic) bond motifs is 1. The van der Waals surface area contributed by atoms with Gasteiger partial charge in [-0.05, 0) is 42.7 Å². The highest BCUT2D eigenvalue weighted by Gasteiger charge is 2.34. The molecule has 0 aliphatic carbocycles. The van der Waals surface area contributed by atoms with Gasteiger partial charge in [0.25, 0.3) is 0 Å². The van der Waals surface area contributed by atoms with Crippen LogP contribution in [0.2, 0.25) is 0 Å². The number of halogens is 1. The van der Waals surface area contributed by atoms with Gasteiger partial charge in [-0.3, -0.25) is 9.59 Å². The summed E-state index contributed by atoms with van der Waals surface area (Å²) in [4.78, 5) is 34.5. The number of benzene rings is 2. The van der Waals surface area contributed by atoms with Crippen LogP contribution in [0.1, 0.15) is 50.4 Å². The van der Waals surface area contributed by atoms with Gasteiger partial charge in [0.2, 0.25) is 11.8 Å². The summed E-state index contributed by atoms with van der Waals surface area (Å²) in [5, 5.41) is 0. The van der Waals surface area contributed by atoms with E-state index in [1.165, 1.54) is 12.1 Å². The average molecular weight is 451 g/mol. The fourth-order valence-electron chi connectivity index (χ4n) is 4.62. The van der Waals surface area contributed by atoms with Gasteiger partial charge in [-0.2, -0.15) is 0 Å². The number of rotatable bonds is 9. The maximum Gasteiger partial charge on any atom is 0.242 e. The van der Waals surface area contributed by atoms with E-state index in [9.17, 15) is 14.0 Å². The van der Waals surface area contributed by atoms with Gasteiger partial charge in [0.05, 0.1) is 11.0 Å². The zero-order valence-corrected chi connectivity index (χ0v) is 19.3. The van der Waals surface area contributed by atoms with Crippen LogP contribution in [0.25, 0.3) is 11.0 Å². The van der Waals surface area contributed by atoms with Crippen molar-refractivity contribution in [3.63, 3.8) is 0 Å². The molecule has 2 aromatic carbocycles. The Hall–Kier alpha value is -3.22. The fourth-order valence-corrected chi connectivity index (χ4v) is 4.62. The molecule has 33 heavy (non-hydrogen) atoms. The molecule has 7 heteroatoms. The number of hydrogen-bond donors (Lipinski definition) is 0. The number of para-hydroxylation sites is 2. The number of aromatic nitrogens is 2. The van der Waals surface area contributed by atoms with E-state index in [0.29, 0.717) is 19.5 Å². The molecule has 0 bridgehead atoms. The Balaban J connectivity index is 1.59. The molecule has 6 nitrogen and oxygen atoms in total. The van der Waals surface area contributed by atoms with Crippen LogP contribution < -0.4 is 0 Å². The number of carbonyl (C=O) groups is 2. The van der Waals surface area contributed by atoms with Crippen molar-refractivity contribution in [3.8, 4) is 0 Å². The highest BCUT2D eigenvalue weighted by Crippen LogP contribution is 2.31. The van der Waals surface area contributed by atoms with Gasteiger partial charge in [-0.25, -0.2) is 9.37 Å². The molecule has 0 N–H and O–H groups in total. The van der Waals surface area contributed by atoms with Gasteiger partial charge in [-0.15, -0.1) is 0 Å². The van der Waals surface area contributed by atoms with Gasteiger partial charge in [0.1, 0.15) is 18.2 Å². The molecule has 2 amide bonds. The van der Waals surface area contributed by atoms with Crippen LogP contribution in [-0.2, 0) is 22.7 Å². The summed E-state index contributed by atoms with van der Waals surface area (Å²) in [5.74, 6) is 0.530. The minimum absolute atomic E-state index is 0.0489. The lowest BCUT2D eigenvalue weighted by Gasteiger charge is -2.23. The number of carbonyl (C=O) groups excluding carboxylic acids is 2. The third-order valence-electron chi connectivity index (χ3n) is 6.18. The zero-order valence-electron chi connectivity index (χ0n) is 19.3. The van der Waals surface area contributed by atoms with E-state index in [0.717, 1.165) is 48.4 Å². The minimum atomic E-state index is -0.289. The Bertz CT molecular complexity index is 1120. The van der Waals surface area contributed by atoms with Crippen LogP contribution >= 0.6 is 0 Å². The first kappa shape index (κ1) is 23.0. The molecule has 1 aliphatic rings. The molecular weight excluding hydrogens is 419 g/mol.